The third-order valence-electron chi connectivity index (χ3n) is 2.61. The van der Waals surface area contributed by atoms with Crippen molar-refractivity contribution in [2.45, 2.75) is 39.8 Å². The molecule has 3 N–H and O–H groups in total. The maximum atomic E-state index is 11.5. The molecule has 0 aliphatic carbocycles. The summed E-state index contributed by atoms with van der Waals surface area (Å²) in [6.45, 7) is 9.59. The Hall–Kier alpha value is -1.59. The molecule has 10 heteroatoms. The predicted molar refractivity (Wildman–Crippen MR) is 103 cm³/mol. The highest BCUT2D eigenvalue weighted by Crippen LogP contribution is 2.05. The van der Waals surface area contributed by atoms with Crippen molar-refractivity contribution >= 4 is 36.0 Å². The number of aliphatic imine (C=N–C) groups is 1. The predicted octanol–water partition coefficient (Wildman–Crippen LogP) is 1.01. The summed E-state index contributed by atoms with van der Waals surface area (Å²) in [5.74, 6) is 1.43. The maximum Gasteiger partial charge on any atom is 0.407 e. The lowest BCUT2D eigenvalue weighted by Crippen LogP contribution is -2.42. The first-order valence-corrected chi connectivity index (χ1v) is 7.63. The molecular weight excluding hydrogens is 425 g/mol. The number of guanidine groups is 1. The molecule has 1 aromatic rings. The van der Waals surface area contributed by atoms with E-state index in [1.165, 1.54) is 0 Å². The van der Waals surface area contributed by atoms with Crippen LogP contribution in [0.15, 0.2) is 11.3 Å². The average molecular weight is 453 g/mol. The molecule has 0 radical (unpaired) electrons. The quantitative estimate of drug-likeness (QED) is 0.257. The van der Waals surface area contributed by atoms with Crippen molar-refractivity contribution in [1.29, 1.82) is 0 Å². The van der Waals surface area contributed by atoms with Crippen molar-refractivity contribution in [3.8, 4) is 0 Å². The maximum absolute atomic E-state index is 11.5. The zero-order chi connectivity index (χ0) is 17.3. The van der Waals surface area contributed by atoms with Gasteiger partial charge < -0.3 is 25.3 Å². The molecular formula is C14H28IN7O2. The number of alkyl carbamates (subject to hydrolysis) is 1. The van der Waals surface area contributed by atoms with Crippen LogP contribution in [0.5, 0.6) is 0 Å². The lowest BCUT2D eigenvalue weighted by Gasteiger charge is -2.19. The number of rotatable bonds is 6. The van der Waals surface area contributed by atoms with E-state index in [-0.39, 0.29) is 24.0 Å². The van der Waals surface area contributed by atoms with E-state index in [0.29, 0.717) is 25.6 Å². The monoisotopic (exact) mass is 453 g/mol. The van der Waals surface area contributed by atoms with Crippen LogP contribution in [-0.2, 0) is 18.3 Å². The van der Waals surface area contributed by atoms with Crippen LogP contribution < -0.4 is 16.0 Å². The molecule has 0 aliphatic rings. The SMILES string of the molecule is CCNC(=NCc1nncn1C)NCCNC(=O)OC(C)(C)C.I. The largest absolute Gasteiger partial charge is 0.444 e. The Morgan fingerprint density at radius 2 is 1.96 bits per heavy atom. The normalized spacial score (nSPS) is 11.5. The highest BCUT2D eigenvalue weighted by Gasteiger charge is 2.15. The van der Waals surface area contributed by atoms with Crippen molar-refractivity contribution < 1.29 is 9.53 Å². The third-order valence-corrected chi connectivity index (χ3v) is 2.61. The number of hydrogen-bond acceptors (Lipinski definition) is 5. The first-order chi connectivity index (χ1) is 10.8. The molecule has 0 saturated carbocycles. The fourth-order valence-corrected chi connectivity index (χ4v) is 1.60. The van der Waals surface area contributed by atoms with Crippen LogP contribution in [0.1, 0.15) is 33.5 Å². The molecule has 0 unspecified atom stereocenters. The standard InChI is InChI=1S/C14H27N7O2.HI/c1-6-15-12(18-9-11-20-19-10-21(11)5)16-7-8-17-13(22)23-14(2,3)4;/h10H,6-9H2,1-5H3,(H,17,22)(H2,15,16,18);1H. The number of amides is 1. The van der Waals surface area contributed by atoms with E-state index in [2.05, 4.69) is 31.1 Å². The van der Waals surface area contributed by atoms with Crippen molar-refractivity contribution in [1.82, 2.24) is 30.7 Å². The number of carbonyl (C=O) groups is 1. The van der Waals surface area contributed by atoms with E-state index >= 15 is 0 Å². The molecule has 0 aliphatic heterocycles. The summed E-state index contributed by atoms with van der Waals surface area (Å²) in [5.41, 5.74) is -0.496. The smallest absolute Gasteiger partial charge is 0.407 e. The second-order valence-corrected chi connectivity index (χ2v) is 5.91. The number of aryl methyl sites for hydroxylation is 1. The molecule has 1 rings (SSSR count). The van der Waals surface area contributed by atoms with Gasteiger partial charge in [0.2, 0.25) is 0 Å². The van der Waals surface area contributed by atoms with Gasteiger partial charge in [-0.2, -0.15) is 0 Å². The number of nitrogens with zero attached hydrogens (tertiary/aromatic N) is 4. The Morgan fingerprint density at radius 3 is 2.50 bits per heavy atom. The van der Waals surface area contributed by atoms with Gasteiger partial charge in [0, 0.05) is 26.7 Å². The van der Waals surface area contributed by atoms with Gasteiger partial charge in [0.25, 0.3) is 0 Å². The number of hydrogen-bond donors (Lipinski definition) is 3. The van der Waals surface area contributed by atoms with Crippen LogP contribution in [-0.4, -0.2) is 52.1 Å². The molecule has 24 heavy (non-hydrogen) atoms. The molecule has 0 saturated heterocycles. The highest BCUT2D eigenvalue weighted by atomic mass is 127. The Morgan fingerprint density at radius 1 is 1.29 bits per heavy atom. The van der Waals surface area contributed by atoms with Crippen molar-refractivity contribution in [3.05, 3.63) is 12.2 Å². The number of halogens is 1. The van der Waals surface area contributed by atoms with Crippen LogP contribution in [0.3, 0.4) is 0 Å². The zero-order valence-corrected chi connectivity index (χ0v) is 17.2. The van der Waals surface area contributed by atoms with E-state index in [9.17, 15) is 4.79 Å². The molecule has 9 nitrogen and oxygen atoms in total. The summed E-state index contributed by atoms with van der Waals surface area (Å²) in [4.78, 5) is 15.9. The van der Waals surface area contributed by atoms with Crippen LogP contribution >= 0.6 is 24.0 Å². The summed E-state index contributed by atoms with van der Waals surface area (Å²) in [6, 6.07) is 0. The van der Waals surface area contributed by atoms with E-state index in [0.717, 1.165) is 12.4 Å². The minimum absolute atomic E-state index is 0. The van der Waals surface area contributed by atoms with Gasteiger partial charge in [-0.1, -0.05) is 0 Å². The molecule has 0 fully saturated rings. The van der Waals surface area contributed by atoms with E-state index in [1.54, 1.807) is 6.33 Å². The van der Waals surface area contributed by atoms with Gasteiger partial charge in [0.05, 0.1) is 0 Å². The summed E-state index contributed by atoms with van der Waals surface area (Å²) < 4.78 is 6.98. The fraction of sp³-hybridized carbons (Fsp3) is 0.714. The van der Waals surface area contributed by atoms with Crippen LogP contribution in [0.4, 0.5) is 4.79 Å². The lowest BCUT2D eigenvalue weighted by molar-refractivity contribution is 0.0529. The van der Waals surface area contributed by atoms with Gasteiger partial charge in [0.1, 0.15) is 18.5 Å². The van der Waals surface area contributed by atoms with Gasteiger partial charge in [-0.15, -0.1) is 34.2 Å². The van der Waals surface area contributed by atoms with Gasteiger partial charge >= 0.3 is 6.09 Å². The lowest BCUT2D eigenvalue weighted by atomic mass is 10.2. The van der Waals surface area contributed by atoms with Crippen molar-refractivity contribution in [3.63, 3.8) is 0 Å². The molecule has 1 heterocycles. The topological polar surface area (TPSA) is 105 Å². The molecule has 0 aromatic carbocycles. The van der Waals surface area contributed by atoms with Crippen molar-refractivity contribution in [2.24, 2.45) is 12.0 Å². The minimum atomic E-state index is -0.496. The van der Waals surface area contributed by atoms with Crippen LogP contribution in [0, 0.1) is 0 Å². The van der Waals surface area contributed by atoms with Crippen molar-refractivity contribution in [2.75, 3.05) is 19.6 Å². The van der Waals surface area contributed by atoms with Gasteiger partial charge in [0.15, 0.2) is 11.8 Å². The Labute approximate surface area is 160 Å². The molecule has 1 amide bonds. The zero-order valence-electron chi connectivity index (χ0n) is 14.9. The second kappa shape index (κ2) is 11.0. The van der Waals surface area contributed by atoms with E-state index in [1.807, 2.05) is 39.3 Å². The minimum Gasteiger partial charge on any atom is -0.444 e. The first-order valence-electron chi connectivity index (χ1n) is 7.63. The van der Waals surface area contributed by atoms with Crippen LogP contribution in [0.2, 0.25) is 0 Å². The van der Waals surface area contributed by atoms with E-state index in [4.69, 9.17) is 4.74 Å². The summed E-state index contributed by atoms with van der Waals surface area (Å²) in [6.07, 6.45) is 1.20. The molecule has 1 aromatic heterocycles. The van der Waals surface area contributed by atoms with Gasteiger partial charge in [-0.3, -0.25) is 0 Å². The fourth-order valence-electron chi connectivity index (χ4n) is 1.60. The average Bonchev–Trinajstić information content (AvgIpc) is 2.84. The molecule has 0 atom stereocenters. The summed E-state index contributed by atoms with van der Waals surface area (Å²) in [7, 11) is 1.87. The Balaban J connectivity index is 0.00000529. The molecule has 138 valence electrons. The van der Waals surface area contributed by atoms with E-state index < -0.39 is 11.7 Å². The number of aromatic nitrogens is 3. The first kappa shape index (κ1) is 22.4. The number of ether oxygens (including phenoxy) is 1. The Kier molecular flexibility index (Phi) is 10.3. The Bertz CT molecular complexity index is 525. The van der Waals surface area contributed by atoms with Gasteiger partial charge in [-0.25, -0.2) is 9.79 Å². The van der Waals surface area contributed by atoms with Gasteiger partial charge in [-0.05, 0) is 27.7 Å². The summed E-state index contributed by atoms with van der Waals surface area (Å²) >= 11 is 0. The summed E-state index contributed by atoms with van der Waals surface area (Å²) in [5, 5.41) is 16.7. The highest BCUT2D eigenvalue weighted by molar-refractivity contribution is 14.0. The van der Waals surface area contributed by atoms with Crippen LogP contribution in [0.25, 0.3) is 0 Å². The number of carbonyl (C=O) groups excluding carboxylic acids is 1. The number of nitrogens with one attached hydrogen (secondary N) is 3. The molecule has 0 spiro atoms. The second-order valence-electron chi connectivity index (χ2n) is 5.91. The third kappa shape index (κ3) is 9.53. The molecule has 0 bridgehead atoms.